The van der Waals surface area contributed by atoms with Gasteiger partial charge in [-0.3, -0.25) is 10.1 Å². The van der Waals surface area contributed by atoms with Crippen LogP contribution in [0.25, 0.3) is 0 Å². The molecule has 0 saturated heterocycles. The number of nitrogens with two attached hydrogens (primary N) is 1. The van der Waals surface area contributed by atoms with Crippen molar-refractivity contribution >= 4 is 39.3 Å². The van der Waals surface area contributed by atoms with Crippen LogP contribution < -0.4 is 5.73 Å². The molecule has 92 valence electrons. The summed E-state index contributed by atoms with van der Waals surface area (Å²) in [6.45, 7) is 0. The van der Waals surface area contributed by atoms with Crippen LogP contribution in [0.5, 0.6) is 0 Å². The molecular formula is C9H6BrN5O2S. The van der Waals surface area contributed by atoms with Gasteiger partial charge in [0, 0.05) is 10.7 Å². The van der Waals surface area contributed by atoms with Crippen molar-refractivity contribution in [3.8, 4) is 0 Å². The Morgan fingerprint density at radius 2 is 2.11 bits per heavy atom. The molecule has 0 fully saturated rings. The van der Waals surface area contributed by atoms with E-state index in [2.05, 4.69) is 30.9 Å². The Kier molecular flexibility index (Phi) is 3.72. The van der Waals surface area contributed by atoms with E-state index in [9.17, 15) is 10.1 Å². The number of nitrogens with zero attached hydrogens (tertiary/aromatic N) is 4. The second-order valence-corrected chi connectivity index (χ2v) is 5.02. The van der Waals surface area contributed by atoms with Crippen molar-refractivity contribution in [2.45, 2.75) is 10.1 Å². The Labute approximate surface area is 114 Å². The monoisotopic (exact) mass is 327 g/mol. The summed E-state index contributed by atoms with van der Waals surface area (Å²) in [4.78, 5) is 21.8. The average Bonchev–Trinajstić information content (AvgIpc) is 2.32. The van der Waals surface area contributed by atoms with Gasteiger partial charge in [-0.25, -0.2) is 9.97 Å². The molecule has 2 N–H and O–H groups in total. The summed E-state index contributed by atoms with van der Waals surface area (Å²) in [5.41, 5.74) is 5.22. The number of hydrogen-bond donors (Lipinski definition) is 1. The minimum atomic E-state index is -0.555. The van der Waals surface area contributed by atoms with Gasteiger partial charge < -0.3 is 5.73 Å². The summed E-state index contributed by atoms with van der Waals surface area (Å²) >= 11 is 4.32. The molecule has 2 rings (SSSR count). The topological polar surface area (TPSA) is 108 Å². The molecule has 0 spiro atoms. The van der Waals surface area contributed by atoms with Crippen molar-refractivity contribution in [2.24, 2.45) is 0 Å². The fourth-order valence-corrected chi connectivity index (χ4v) is 2.14. The molecule has 0 aliphatic rings. The molecule has 2 heterocycles. The van der Waals surface area contributed by atoms with Crippen LogP contribution in [-0.2, 0) is 0 Å². The van der Waals surface area contributed by atoms with Crippen LogP contribution in [0, 0.1) is 10.1 Å². The Bertz CT molecular complexity index is 592. The van der Waals surface area contributed by atoms with Crippen LogP contribution in [0.1, 0.15) is 0 Å². The third kappa shape index (κ3) is 2.93. The molecule has 0 bridgehead atoms. The van der Waals surface area contributed by atoms with Gasteiger partial charge >= 0.3 is 5.69 Å². The van der Waals surface area contributed by atoms with Gasteiger partial charge in [-0.2, -0.15) is 4.98 Å². The van der Waals surface area contributed by atoms with Crippen molar-refractivity contribution in [3.05, 3.63) is 39.1 Å². The predicted molar refractivity (Wildman–Crippen MR) is 69.2 cm³/mol. The zero-order chi connectivity index (χ0) is 13.1. The standard InChI is InChI=1S/C9H6BrN5O2S/c10-5-1-2-7(12-3-5)18-8-6(15(16)17)4-13-9(11)14-8/h1-4H,(H2,11,13,14). The molecule has 7 nitrogen and oxygen atoms in total. The Balaban J connectivity index is 2.35. The number of aromatic nitrogens is 3. The van der Waals surface area contributed by atoms with Crippen LogP contribution in [0.15, 0.2) is 39.1 Å². The average molecular weight is 328 g/mol. The first kappa shape index (κ1) is 12.7. The molecular weight excluding hydrogens is 322 g/mol. The second kappa shape index (κ2) is 5.27. The highest BCUT2D eigenvalue weighted by Crippen LogP contribution is 2.32. The normalized spacial score (nSPS) is 10.3. The maximum absolute atomic E-state index is 10.8. The summed E-state index contributed by atoms with van der Waals surface area (Å²) in [6.07, 6.45) is 2.68. The predicted octanol–water partition coefficient (Wildman–Crippen LogP) is 2.28. The summed E-state index contributed by atoms with van der Waals surface area (Å²) in [5.74, 6) is -0.0137. The molecule has 0 radical (unpaired) electrons. The maximum atomic E-state index is 10.8. The molecule has 18 heavy (non-hydrogen) atoms. The molecule has 0 aliphatic heterocycles. The highest BCUT2D eigenvalue weighted by Gasteiger charge is 2.18. The Morgan fingerprint density at radius 3 is 2.72 bits per heavy atom. The van der Waals surface area contributed by atoms with Gasteiger partial charge in [-0.15, -0.1) is 0 Å². The molecule has 0 saturated carbocycles. The summed E-state index contributed by atoms with van der Waals surface area (Å²) in [6, 6.07) is 3.50. The zero-order valence-electron chi connectivity index (χ0n) is 8.78. The first-order valence-corrected chi connectivity index (χ1v) is 6.23. The van der Waals surface area contributed by atoms with Gasteiger partial charge in [0.25, 0.3) is 0 Å². The van der Waals surface area contributed by atoms with Gasteiger partial charge in [-0.05, 0) is 39.8 Å². The number of hydrogen-bond acceptors (Lipinski definition) is 7. The van der Waals surface area contributed by atoms with Gasteiger partial charge in [0.15, 0.2) is 5.03 Å². The number of nitrogen functional groups attached to an aromatic ring is 1. The summed E-state index contributed by atoms with van der Waals surface area (Å²) in [7, 11) is 0. The minimum Gasteiger partial charge on any atom is -0.368 e. The minimum absolute atomic E-state index is 0.0137. The van der Waals surface area contributed by atoms with E-state index in [1.807, 2.05) is 0 Å². The van der Waals surface area contributed by atoms with E-state index >= 15 is 0 Å². The third-order valence-electron chi connectivity index (χ3n) is 1.85. The lowest BCUT2D eigenvalue weighted by molar-refractivity contribution is -0.388. The molecule has 0 amide bonds. The quantitative estimate of drug-likeness (QED) is 0.523. The molecule has 2 aromatic rings. The number of pyridine rings is 1. The third-order valence-corrected chi connectivity index (χ3v) is 3.27. The number of halogens is 1. The van der Waals surface area contributed by atoms with E-state index in [0.717, 1.165) is 22.4 Å². The summed E-state index contributed by atoms with van der Waals surface area (Å²) in [5, 5.41) is 11.6. The molecule has 2 aromatic heterocycles. The molecule has 0 unspecified atom stereocenters. The first-order chi connectivity index (χ1) is 8.56. The zero-order valence-corrected chi connectivity index (χ0v) is 11.2. The smallest absolute Gasteiger partial charge is 0.320 e. The fourth-order valence-electron chi connectivity index (χ4n) is 1.09. The van der Waals surface area contributed by atoms with Crippen LogP contribution in [0.2, 0.25) is 0 Å². The number of anilines is 1. The van der Waals surface area contributed by atoms with Crippen LogP contribution in [0.3, 0.4) is 0 Å². The van der Waals surface area contributed by atoms with Crippen molar-refractivity contribution in [1.82, 2.24) is 15.0 Å². The van der Waals surface area contributed by atoms with Crippen LogP contribution >= 0.6 is 27.7 Å². The van der Waals surface area contributed by atoms with Crippen molar-refractivity contribution in [3.63, 3.8) is 0 Å². The van der Waals surface area contributed by atoms with Crippen molar-refractivity contribution in [2.75, 3.05) is 5.73 Å². The van der Waals surface area contributed by atoms with E-state index in [4.69, 9.17) is 5.73 Å². The van der Waals surface area contributed by atoms with E-state index in [-0.39, 0.29) is 16.7 Å². The Morgan fingerprint density at radius 1 is 1.33 bits per heavy atom. The van der Waals surface area contributed by atoms with Gasteiger partial charge in [-0.1, -0.05) is 0 Å². The number of nitro groups is 1. The lowest BCUT2D eigenvalue weighted by Gasteiger charge is -2.01. The van der Waals surface area contributed by atoms with Gasteiger partial charge in [0.05, 0.1) is 4.92 Å². The molecule has 0 aliphatic carbocycles. The van der Waals surface area contributed by atoms with Gasteiger partial charge in [0.2, 0.25) is 5.95 Å². The van der Waals surface area contributed by atoms with E-state index in [1.54, 1.807) is 18.3 Å². The van der Waals surface area contributed by atoms with E-state index in [1.165, 1.54) is 0 Å². The number of rotatable bonds is 3. The fraction of sp³-hybridized carbons (Fsp3) is 0. The van der Waals surface area contributed by atoms with E-state index in [0.29, 0.717) is 5.03 Å². The lowest BCUT2D eigenvalue weighted by Crippen LogP contribution is -2.00. The SMILES string of the molecule is Nc1ncc([N+](=O)[O-])c(Sc2ccc(Br)cn2)n1. The second-order valence-electron chi connectivity index (χ2n) is 3.09. The molecule has 9 heteroatoms. The molecule has 0 atom stereocenters. The lowest BCUT2D eigenvalue weighted by atomic mass is 10.5. The highest BCUT2D eigenvalue weighted by molar-refractivity contribution is 9.10. The largest absolute Gasteiger partial charge is 0.368 e. The van der Waals surface area contributed by atoms with E-state index < -0.39 is 4.92 Å². The van der Waals surface area contributed by atoms with Crippen molar-refractivity contribution < 1.29 is 4.92 Å². The summed E-state index contributed by atoms with van der Waals surface area (Å²) < 4.78 is 0.823. The Hall–Kier alpha value is -1.74. The van der Waals surface area contributed by atoms with Gasteiger partial charge in [0.1, 0.15) is 11.2 Å². The molecule has 0 aromatic carbocycles. The first-order valence-electron chi connectivity index (χ1n) is 4.62. The highest BCUT2D eigenvalue weighted by atomic mass is 79.9. The maximum Gasteiger partial charge on any atom is 0.320 e. The van der Waals surface area contributed by atoms with Crippen LogP contribution in [-0.4, -0.2) is 19.9 Å². The van der Waals surface area contributed by atoms with Crippen LogP contribution in [0.4, 0.5) is 11.6 Å². The van der Waals surface area contributed by atoms with Crippen molar-refractivity contribution in [1.29, 1.82) is 0 Å².